The highest BCUT2D eigenvalue weighted by atomic mass is 16.5. The van der Waals surface area contributed by atoms with Gasteiger partial charge < -0.3 is 9.47 Å². The monoisotopic (exact) mass is 394 g/mol. The Kier molecular flexibility index (Phi) is 3.87. The first-order chi connectivity index (χ1) is 14.7. The zero-order valence-electron chi connectivity index (χ0n) is 16.6. The van der Waals surface area contributed by atoms with Crippen LogP contribution in [0.3, 0.4) is 0 Å². The summed E-state index contributed by atoms with van der Waals surface area (Å²) in [7, 11) is 0. The van der Waals surface area contributed by atoms with Crippen molar-refractivity contribution in [2.75, 3.05) is 0 Å². The number of hydrogen-bond acceptors (Lipinski definition) is 4. The smallest absolute Gasteiger partial charge is 0.292 e. The zero-order chi connectivity index (χ0) is 20.3. The fourth-order valence-corrected chi connectivity index (χ4v) is 7.60. The van der Waals surface area contributed by atoms with Crippen molar-refractivity contribution in [3.8, 4) is 24.0 Å². The number of hydrogen-bond donors (Lipinski definition) is 0. The lowest BCUT2D eigenvalue weighted by Gasteiger charge is -2.45. The molecule has 2 aromatic carbocycles. The van der Waals surface area contributed by atoms with E-state index in [1.54, 1.807) is 12.5 Å². The Morgan fingerprint density at radius 1 is 0.867 bits per heavy atom. The van der Waals surface area contributed by atoms with Crippen LogP contribution in [0.25, 0.3) is 0 Å². The lowest BCUT2D eigenvalue weighted by Crippen LogP contribution is -2.40. The fraction of sp³-hybridized carbons (Fsp3) is 0.423. The number of benzene rings is 2. The van der Waals surface area contributed by atoms with Gasteiger partial charge in [-0.3, -0.25) is 0 Å². The normalized spacial score (nSPS) is 37.4. The summed E-state index contributed by atoms with van der Waals surface area (Å²) >= 11 is 0. The highest BCUT2D eigenvalue weighted by Gasteiger charge is 2.69. The van der Waals surface area contributed by atoms with Crippen LogP contribution in [0, 0.1) is 59.0 Å². The number of nitrogens with zero attached hydrogens (tertiary/aromatic N) is 2. The molecule has 6 rings (SSSR count). The van der Waals surface area contributed by atoms with Crippen molar-refractivity contribution in [3.05, 3.63) is 66.1 Å². The van der Waals surface area contributed by atoms with E-state index in [2.05, 4.69) is 30.7 Å². The van der Waals surface area contributed by atoms with E-state index in [4.69, 9.17) is 20.0 Å². The van der Waals surface area contributed by atoms with Crippen molar-refractivity contribution in [2.45, 2.75) is 37.0 Å². The Bertz CT molecular complexity index is 1050. The van der Waals surface area contributed by atoms with Gasteiger partial charge in [-0.15, -0.1) is 10.5 Å². The van der Waals surface area contributed by atoms with Gasteiger partial charge in [0.15, 0.2) is 0 Å². The summed E-state index contributed by atoms with van der Waals surface area (Å²) in [6.45, 7) is 0. The quantitative estimate of drug-likeness (QED) is 0.528. The van der Waals surface area contributed by atoms with Crippen molar-refractivity contribution < 1.29 is 9.47 Å². The lowest BCUT2D eigenvalue weighted by atomic mass is 9.59. The Labute approximate surface area is 177 Å². The van der Waals surface area contributed by atoms with Gasteiger partial charge in [0.2, 0.25) is 0 Å². The van der Waals surface area contributed by atoms with E-state index in [9.17, 15) is 0 Å². The zero-order valence-corrected chi connectivity index (χ0v) is 16.6. The molecule has 0 amide bonds. The average molecular weight is 394 g/mol. The molecule has 0 saturated heterocycles. The largest absolute Gasteiger partial charge is 0.388 e. The minimum atomic E-state index is -0.00711. The van der Waals surface area contributed by atoms with Crippen LogP contribution >= 0.6 is 0 Å². The van der Waals surface area contributed by atoms with Crippen LogP contribution in [0.1, 0.15) is 42.7 Å². The molecule has 4 saturated carbocycles. The molecule has 0 aromatic heterocycles. The summed E-state index contributed by atoms with van der Waals surface area (Å²) in [4.78, 5) is 0. The molecule has 0 N–H and O–H groups in total. The molecule has 2 radical (unpaired) electrons. The van der Waals surface area contributed by atoms with Gasteiger partial charge in [-0.05, 0) is 96.6 Å². The maximum absolute atomic E-state index is 8.80. The molecule has 30 heavy (non-hydrogen) atoms. The molecular weight excluding hydrogens is 372 g/mol. The van der Waals surface area contributed by atoms with Gasteiger partial charge in [0, 0.05) is 11.8 Å². The van der Waals surface area contributed by atoms with Gasteiger partial charge in [0.1, 0.15) is 11.5 Å². The summed E-state index contributed by atoms with van der Waals surface area (Å²) in [5.74, 6) is 5.28. The van der Waals surface area contributed by atoms with Crippen LogP contribution in [0.2, 0.25) is 0 Å². The van der Waals surface area contributed by atoms with E-state index in [0.717, 1.165) is 24.2 Å². The van der Waals surface area contributed by atoms with Crippen LogP contribution < -0.4 is 9.47 Å². The summed E-state index contributed by atoms with van der Waals surface area (Å²) in [5, 5.41) is 17.6. The minimum absolute atomic E-state index is 0.00711. The van der Waals surface area contributed by atoms with Crippen LogP contribution in [-0.2, 0) is 5.41 Å². The molecule has 148 valence electrons. The van der Waals surface area contributed by atoms with E-state index >= 15 is 0 Å². The van der Waals surface area contributed by atoms with Crippen molar-refractivity contribution in [1.82, 2.24) is 0 Å². The van der Waals surface area contributed by atoms with Gasteiger partial charge in [-0.25, -0.2) is 0 Å². The van der Waals surface area contributed by atoms with E-state index < -0.39 is 0 Å². The highest BCUT2D eigenvalue weighted by Crippen LogP contribution is 2.75. The molecule has 7 unspecified atom stereocenters. The van der Waals surface area contributed by atoms with Gasteiger partial charge >= 0.3 is 0 Å². The van der Waals surface area contributed by atoms with E-state index in [1.807, 2.05) is 24.3 Å². The predicted molar refractivity (Wildman–Crippen MR) is 109 cm³/mol. The van der Waals surface area contributed by atoms with Crippen molar-refractivity contribution in [2.24, 2.45) is 29.6 Å². The van der Waals surface area contributed by atoms with Gasteiger partial charge in [-0.1, -0.05) is 24.3 Å². The van der Waals surface area contributed by atoms with Crippen LogP contribution in [-0.4, -0.2) is 0 Å². The molecule has 4 aliphatic rings. The van der Waals surface area contributed by atoms with Crippen LogP contribution in [0.4, 0.5) is 0 Å². The molecular formula is C26H22N2O2. The molecule has 7 atom stereocenters. The summed E-state index contributed by atoms with van der Waals surface area (Å²) < 4.78 is 9.97. The third-order valence-electron chi connectivity index (χ3n) is 8.38. The van der Waals surface area contributed by atoms with E-state index in [-0.39, 0.29) is 5.41 Å². The Morgan fingerprint density at radius 2 is 1.50 bits per heavy atom. The van der Waals surface area contributed by atoms with E-state index in [0.29, 0.717) is 29.3 Å². The number of rotatable bonds is 4. The molecule has 2 aromatic rings. The molecule has 4 nitrogen and oxygen atoms in total. The number of fused-ring (bicyclic) bond motifs is 9. The van der Waals surface area contributed by atoms with Gasteiger partial charge in [0.25, 0.3) is 12.5 Å². The Morgan fingerprint density at radius 3 is 2.17 bits per heavy atom. The molecule has 4 fully saturated rings. The second-order valence-electron chi connectivity index (χ2n) is 9.38. The first kappa shape index (κ1) is 17.8. The SMILES string of the molecule is N#COc1ccc(C2[C]C3(c4ccc(OC#N)cc4)CC2C2C4CCC(C4)C23)cc1. The average Bonchev–Trinajstić information content (AvgIpc) is 3.54. The third-order valence-corrected chi connectivity index (χ3v) is 8.38. The highest BCUT2D eigenvalue weighted by molar-refractivity contribution is 5.46. The van der Waals surface area contributed by atoms with Crippen molar-refractivity contribution >= 4 is 0 Å². The lowest BCUT2D eigenvalue weighted by molar-refractivity contribution is 0.142. The van der Waals surface area contributed by atoms with Gasteiger partial charge in [-0.2, -0.15) is 0 Å². The predicted octanol–water partition coefficient (Wildman–Crippen LogP) is 5.21. The minimum Gasteiger partial charge on any atom is -0.388 e. The first-order valence-electron chi connectivity index (χ1n) is 10.8. The van der Waals surface area contributed by atoms with Crippen molar-refractivity contribution in [3.63, 3.8) is 0 Å². The molecule has 4 aliphatic carbocycles. The Hall–Kier alpha value is -2.98. The van der Waals surface area contributed by atoms with Crippen LogP contribution in [0.5, 0.6) is 11.5 Å². The fourth-order valence-electron chi connectivity index (χ4n) is 7.60. The summed E-state index contributed by atoms with van der Waals surface area (Å²) in [5.41, 5.74) is 2.59. The van der Waals surface area contributed by atoms with Gasteiger partial charge in [0.05, 0.1) is 0 Å². The molecule has 4 bridgehead atoms. The third kappa shape index (κ3) is 2.37. The topological polar surface area (TPSA) is 66.0 Å². The standard InChI is InChI=1S/C26H22N2O2/c27-14-29-20-7-3-16(4-8-20)22-12-26(19-5-9-21(10-6-19)30-15-28)13-23(22)24-17-1-2-18(11-17)25(24)26/h3-10,17-18,22-25H,1-2,11,13H2. The second-order valence-corrected chi connectivity index (χ2v) is 9.38. The van der Waals surface area contributed by atoms with Crippen LogP contribution in [0.15, 0.2) is 48.5 Å². The second kappa shape index (κ2) is 6.51. The van der Waals surface area contributed by atoms with Crippen molar-refractivity contribution in [1.29, 1.82) is 10.5 Å². The maximum Gasteiger partial charge on any atom is 0.292 e. The molecule has 4 heteroatoms. The molecule has 0 heterocycles. The summed E-state index contributed by atoms with van der Waals surface area (Å²) in [6.07, 6.45) is 12.9. The Balaban J connectivity index is 1.38. The summed E-state index contributed by atoms with van der Waals surface area (Å²) in [6, 6.07) is 16.1. The number of nitriles is 2. The molecule has 0 spiro atoms. The maximum atomic E-state index is 8.80. The first-order valence-corrected chi connectivity index (χ1v) is 10.8. The number of ether oxygens (including phenoxy) is 2. The molecule has 0 aliphatic heterocycles. The van der Waals surface area contributed by atoms with E-state index in [1.165, 1.54) is 30.4 Å².